The maximum atomic E-state index is 13.7. The fourth-order valence-corrected chi connectivity index (χ4v) is 8.40. The van der Waals surface area contributed by atoms with Crippen LogP contribution in [0.25, 0.3) is 0 Å². The number of rotatable bonds is 7. The molecule has 0 spiro atoms. The van der Waals surface area contributed by atoms with Crippen molar-refractivity contribution in [3.05, 3.63) is 51.6 Å². The molecule has 13 unspecified atom stereocenters. The number of benzene rings is 2. The Kier molecular flexibility index (Phi) is 10.4. The molecule has 2 aliphatic carbocycles. The minimum absolute atomic E-state index is 0.0174. The number of ketones is 2. The van der Waals surface area contributed by atoms with Crippen molar-refractivity contribution in [2.45, 2.75) is 152 Å². The van der Waals surface area contributed by atoms with Gasteiger partial charge in [0.25, 0.3) is 0 Å². The van der Waals surface area contributed by atoms with Gasteiger partial charge in [-0.25, -0.2) is 0 Å². The number of fused-ring (bicyclic) bond motifs is 3. The number of hydrogen-bond donors (Lipinski definition) is 7. The topological polar surface area (TPSA) is 231 Å². The summed E-state index contributed by atoms with van der Waals surface area (Å²) < 4.78 is 36.7. The van der Waals surface area contributed by atoms with Gasteiger partial charge in [-0.1, -0.05) is 19.1 Å². The van der Waals surface area contributed by atoms with Crippen molar-refractivity contribution >= 4 is 11.6 Å². The summed E-state index contributed by atoms with van der Waals surface area (Å²) in [6.07, 6.45) is -7.59. The maximum Gasteiger partial charge on any atom is 0.202 e. The number of aromatic hydroxyl groups is 3. The zero-order valence-electron chi connectivity index (χ0n) is 30.0. The molecule has 3 heterocycles. The van der Waals surface area contributed by atoms with E-state index in [4.69, 9.17) is 28.4 Å². The molecule has 13 atom stereocenters. The molecule has 3 fully saturated rings. The molecule has 0 radical (unpaired) electrons. The first kappa shape index (κ1) is 38.1. The highest BCUT2D eigenvalue weighted by Gasteiger charge is 2.52. The van der Waals surface area contributed by atoms with E-state index in [1.807, 2.05) is 6.92 Å². The van der Waals surface area contributed by atoms with E-state index in [1.54, 1.807) is 20.8 Å². The lowest BCUT2D eigenvalue weighted by molar-refractivity contribution is -0.321. The summed E-state index contributed by atoms with van der Waals surface area (Å²) >= 11 is 0. The van der Waals surface area contributed by atoms with Crippen LogP contribution in [-0.4, -0.2) is 115 Å². The molecule has 5 aliphatic rings. The van der Waals surface area contributed by atoms with Gasteiger partial charge < -0.3 is 64.2 Å². The van der Waals surface area contributed by atoms with E-state index < -0.39 is 101 Å². The zero-order chi connectivity index (χ0) is 38.1. The van der Waals surface area contributed by atoms with Crippen LogP contribution in [0.5, 0.6) is 17.2 Å². The van der Waals surface area contributed by atoms with Crippen molar-refractivity contribution in [3.8, 4) is 17.2 Å². The molecule has 7 N–H and O–H groups in total. The fourth-order valence-electron chi connectivity index (χ4n) is 8.40. The average molecular weight is 745 g/mol. The second-order valence-electron chi connectivity index (χ2n) is 14.9. The molecule has 0 aromatic heterocycles. The highest BCUT2D eigenvalue weighted by molar-refractivity contribution is 6.31. The van der Waals surface area contributed by atoms with Gasteiger partial charge in [0.1, 0.15) is 29.5 Å². The molecular weight excluding hydrogens is 696 g/mol. The second kappa shape index (κ2) is 14.5. The third-order valence-corrected chi connectivity index (χ3v) is 11.5. The summed E-state index contributed by atoms with van der Waals surface area (Å²) in [4.78, 5) is 27.3. The Hall–Kier alpha value is -3.22. The monoisotopic (exact) mass is 744 g/mol. The fraction of sp³-hybridized carbons (Fsp3) is 0.632. The first-order valence-electron chi connectivity index (χ1n) is 18.4. The van der Waals surface area contributed by atoms with E-state index in [0.717, 1.165) is 0 Å². The van der Waals surface area contributed by atoms with Crippen LogP contribution in [-0.2, 0) is 28.4 Å². The molecule has 0 bridgehead atoms. The van der Waals surface area contributed by atoms with Crippen LogP contribution in [0.2, 0.25) is 0 Å². The normalized spacial score (nSPS) is 38.6. The van der Waals surface area contributed by atoms with Crippen LogP contribution in [0.4, 0.5) is 0 Å². The van der Waals surface area contributed by atoms with Gasteiger partial charge in [-0.2, -0.15) is 0 Å². The van der Waals surface area contributed by atoms with Crippen LogP contribution >= 0.6 is 0 Å². The minimum atomic E-state index is -1.89. The third kappa shape index (κ3) is 6.64. The van der Waals surface area contributed by atoms with Crippen LogP contribution in [0, 0.1) is 0 Å². The van der Waals surface area contributed by atoms with E-state index in [-0.39, 0.29) is 59.8 Å². The van der Waals surface area contributed by atoms with Crippen molar-refractivity contribution < 1.29 is 73.8 Å². The summed E-state index contributed by atoms with van der Waals surface area (Å²) in [6.45, 7) is 6.97. The Balaban J connectivity index is 1.07. The summed E-state index contributed by atoms with van der Waals surface area (Å²) in [5, 5.41) is 77.8. The van der Waals surface area contributed by atoms with Crippen molar-refractivity contribution in [2.75, 3.05) is 0 Å². The van der Waals surface area contributed by atoms with E-state index >= 15 is 0 Å². The molecule has 7 rings (SSSR count). The highest BCUT2D eigenvalue weighted by atomic mass is 16.7. The Morgan fingerprint density at radius 3 is 2.06 bits per heavy atom. The molecule has 15 heteroatoms. The lowest BCUT2D eigenvalue weighted by Gasteiger charge is -2.45. The Bertz CT molecular complexity index is 1730. The van der Waals surface area contributed by atoms with Crippen LogP contribution < -0.4 is 0 Å². The number of aliphatic hydroxyl groups excluding tert-OH is 3. The van der Waals surface area contributed by atoms with Gasteiger partial charge in [0.15, 0.2) is 24.7 Å². The Morgan fingerprint density at radius 2 is 1.38 bits per heavy atom. The van der Waals surface area contributed by atoms with Gasteiger partial charge >= 0.3 is 0 Å². The smallest absolute Gasteiger partial charge is 0.202 e. The molecule has 0 saturated carbocycles. The van der Waals surface area contributed by atoms with Gasteiger partial charge in [0.05, 0.1) is 65.0 Å². The molecule has 15 nitrogen and oxygen atoms in total. The maximum absolute atomic E-state index is 13.7. The highest BCUT2D eigenvalue weighted by Crippen LogP contribution is 2.56. The number of ether oxygens (including phenoxy) is 6. The van der Waals surface area contributed by atoms with E-state index in [1.165, 1.54) is 18.2 Å². The van der Waals surface area contributed by atoms with Gasteiger partial charge in [-0.3, -0.25) is 9.59 Å². The Morgan fingerprint density at radius 1 is 0.736 bits per heavy atom. The predicted molar refractivity (Wildman–Crippen MR) is 181 cm³/mol. The van der Waals surface area contributed by atoms with Crippen molar-refractivity contribution in [3.63, 3.8) is 0 Å². The molecule has 3 aliphatic heterocycles. The van der Waals surface area contributed by atoms with Crippen LogP contribution in [0.15, 0.2) is 18.2 Å². The van der Waals surface area contributed by atoms with E-state index in [9.17, 15) is 45.3 Å². The van der Waals surface area contributed by atoms with E-state index in [2.05, 4.69) is 0 Å². The lowest BCUT2D eigenvalue weighted by Crippen LogP contribution is -2.53. The Labute approximate surface area is 306 Å². The van der Waals surface area contributed by atoms with Crippen molar-refractivity contribution in [1.82, 2.24) is 0 Å². The number of hydrogen-bond acceptors (Lipinski definition) is 15. The number of carbonyl (C=O) groups excluding carboxylic acids is 2. The minimum Gasteiger partial charge on any atom is -0.507 e. The van der Waals surface area contributed by atoms with Gasteiger partial charge in [-0.15, -0.1) is 0 Å². The van der Waals surface area contributed by atoms with Crippen LogP contribution in [0.1, 0.15) is 128 Å². The van der Waals surface area contributed by atoms with Crippen molar-refractivity contribution in [1.29, 1.82) is 0 Å². The van der Waals surface area contributed by atoms with Crippen LogP contribution in [0.3, 0.4) is 0 Å². The van der Waals surface area contributed by atoms with Gasteiger partial charge in [0.2, 0.25) is 5.78 Å². The summed E-state index contributed by atoms with van der Waals surface area (Å²) in [6, 6.07) is 3.88. The molecule has 290 valence electrons. The number of carbonyl (C=O) groups is 2. The standard InChI is InChI=1S/C38H48O15/c1-5-38(47)14-23(28-31(37(38)46)35(45)29-30(34(28)44)33(43)27-18(32(29)42)7-6-8-20(27)40)52-26-13-21(41)36(17(4)50-26)53-25-12-10-22(16(3)49-25)51-24-11-9-19(39)15(2)48-24/h6-8,15-17,19,21-26,36-37,39-41,44-47H,5,9-14H2,1-4H3. The average Bonchev–Trinajstić information content (AvgIpc) is 3.11. The van der Waals surface area contributed by atoms with Gasteiger partial charge in [-0.05, 0) is 46.1 Å². The van der Waals surface area contributed by atoms with E-state index in [0.29, 0.717) is 25.7 Å². The molecule has 0 amide bonds. The molecule has 2 aromatic carbocycles. The second-order valence-corrected chi connectivity index (χ2v) is 14.9. The number of phenols is 3. The molecule has 53 heavy (non-hydrogen) atoms. The van der Waals surface area contributed by atoms with Gasteiger partial charge in [0, 0.05) is 42.4 Å². The zero-order valence-corrected chi connectivity index (χ0v) is 30.0. The first-order valence-corrected chi connectivity index (χ1v) is 18.4. The SMILES string of the molecule is CCC1(O)CC(OC2CC(O)C(OC3CCC(OC4CCC(O)C(C)O4)C(C)O3)C(C)O2)c2c(O)c3c(c(O)c2C1O)C(=O)c1cccc(O)c1C3=O. The molecular formula is C38H48O15. The summed E-state index contributed by atoms with van der Waals surface area (Å²) in [5.41, 5.74) is -4.14. The number of aliphatic hydroxyl groups is 4. The predicted octanol–water partition coefficient (Wildman–Crippen LogP) is 2.89. The van der Waals surface area contributed by atoms with Crippen molar-refractivity contribution in [2.24, 2.45) is 0 Å². The summed E-state index contributed by atoms with van der Waals surface area (Å²) in [5.74, 6) is -3.81. The third-order valence-electron chi connectivity index (χ3n) is 11.5. The largest absolute Gasteiger partial charge is 0.507 e. The lowest BCUT2D eigenvalue weighted by atomic mass is 9.70. The summed E-state index contributed by atoms with van der Waals surface area (Å²) in [7, 11) is 0. The number of phenolic OH excluding ortho intramolecular Hbond substituents is 3. The molecule has 2 aromatic rings. The quantitative estimate of drug-likeness (QED) is 0.173. The molecule has 3 saturated heterocycles. The first-order chi connectivity index (χ1) is 25.1.